The van der Waals surface area contributed by atoms with Crippen molar-refractivity contribution in [2.75, 3.05) is 6.61 Å². The number of alkyl carbamates (subject to hydrolysis) is 1. The van der Waals surface area contributed by atoms with Gasteiger partial charge in [-0.05, 0) is 23.3 Å². The minimum atomic E-state index is -0.914. The van der Waals surface area contributed by atoms with Crippen molar-refractivity contribution in [3.63, 3.8) is 0 Å². The predicted octanol–water partition coefficient (Wildman–Crippen LogP) is 2.96. The Morgan fingerprint density at radius 2 is 1.73 bits per heavy atom. The minimum absolute atomic E-state index is 0.0473. The van der Waals surface area contributed by atoms with E-state index >= 15 is 0 Å². The summed E-state index contributed by atoms with van der Waals surface area (Å²) in [4.78, 5) is 24.2. The fraction of sp³-hybridized carbons (Fsp3) is 0.200. The number of hydrogen-bond acceptors (Lipinski definition) is 5. The molecule has 1 atom stereocenters. The normalized spacial score (nSPS) is 11.2. The maximum atomic E-state index is 12.2. The number of hydrogen-bond donors (Lipinski definition) is 2. The van der Waals surface area contributed by atoms with Crippen LogP contribution in [-0.4, -0.2) is 29.8 Å². The summed E-state index contributed by atoms with van der Waals surface area (Å²) in [7, 11) is 0. The van der Waals surface area contributed by atoms with Crippen LogP contribution in [-0.2, 0) is 27.3 Å². The van der Waals surface area contributed by atoms with Crippen LogP contribution >= 0.6 is 0 Å². The van der Waals surface area contributed by atoms with E-state index in [0.29, 0.717) is 0 Å². The summed E-state index contributed by atoms with van der Waals surface area (Å²) in [5, 5.41) is 11.9. The number of phenolic OH excluding ortho intramolecular Hbond substituents is 1. The number of nitrogens with one attached hydrogen (secondary N) is 1. The van der Waals surface area contributed by atoms with Gasteiger partial charge < -0.3 is 19.9 Å². The summed E-state index contributed by atoms with van der Waals surface area (Å²) in [5.74, 6) is -0.468. The molecular formula is C20H21NO5. The van der Waals surface area contributed by atoms with Crippen LogP contribution in [0.2, 0.25) is 0 Å². The molecule has 1 amide bonds. The third kappa shape index (κ3) is 6.32. The van der Waals surface area contributed by atoms with Gasteiger partial charge in [0, 0.05) is 6.42 Å². The molecule has 0 aromatic heterocycles. The number of phenols is 1. The molecule has 6 heteroatoms. The van der Waals surface area contributed by atoms with Crippen LogP contribution in [0.4, 0.5) is 4.79 Å². The van der Waals surface area contributed by atoms with E-state index in [1.165, 1.54) is 18.2 Å². The third-order valence-corrected chi connectivity index (χ3v) is 3.51. The van der Waals surface area contributed by atoms with Crippen LogP contribution in [0.3, 0.4) is 0 Å². The van der Waals surface area contributed by atoms with E-state index in [2.05, 4.69) is 11.9 Å². The van der Waals surface area contributed by atoms with E-state index in [1.807, 2.05) is 30.3 Å². The molecule has 6 nitrogen and oxygen atoms in total. The second kappa shape index (κ2) is 9.88. The highest BCUT2D eigenvalue weighted by molar-refractivity contribution is 5.81. The molecule has 0 saturated heterocycles. The van der Waals surface area contributed by atoms with E-state index in [9.17, 15) is 14.7 Å². The van der Waals surface area contributed by atoms with Gasteiger partial charge in [0.2, 0.25) is 0 Å². The van der Waals surface area contributed by atoms with Gasteiger partial charge in [0.25, 0.3) is 0 Å². The van der Waals surface area contributed by atoms with E-state index in [1.54, 1.807) is 12.1 Å². The van der Waals surface area contributed by atoms with E-state index in [-0.39, 0.29) is 25.4 Å². The summed E-state index contributed by atoms with van der Waals surface area (Å²) in [6, 6.07) is 14.7. The summed E-state index contributed by atoms with van der Waals surface area (Å²) >= 11 is 0. The zero-order valence-electron chi connectivity index (χ0n) is 14.3. The average Bonchev–Trinajstić information content (AvgIpc) is 2.66. The van der Waals surface area contributed by atoms with Crippen LogP contribution in [0, 0.1) is 0 Å². The third-order valence-electron chi connectivity index (χ3n) is 3.51. The lowest BCUT2D eigenvalue weighted by Gasteiger charge is -2.17. The minimum Gasteiger partial charge on any atom is -0.508 e. The van der Waals surface area contributed by atoms with Crippen LogP contribution in [0.15, 0.2) is 67.3 Å². The SMILES string of the molecule is C=CCOC(=O)[C@H](Cc1ccc(O)cc1)NC(=O)OCc1ccccc1. The number of esters is 1. The van der Waals surface area contributed by atoms with E-state index in [0.717, 1.165) is 11.1 Å². The Balaban J connectivity index is 1.97. The number of carbonyl (C=O) groups is 2. The van der Waals surface area contributed by atoms with Crippen molar-refractivity contribution < 1.29 is 24.2 Å². The largest absolute Gasteiger partial charge is 0.508 e. The number of rotatable bonds is 8. The second-order valence-electron chi connectivity index (χ2n) is 5.55. The molecule has 0 spiro atoms. The van der Waals surface area contributed by atoms with Crippen LogP contribution in [0.25, 0.3) is 0 Å². The zero-order chi connectivity index (χ0) is 18.8. The first kappa shape index (κ1) is 19.1. The molecule has 0 fully saturated rings. The van der Waals surface area contributed by atoms with Gasteiger partial charge in [-0.25, -0.2) is 9.59 Å². The van der Waals surface area contributed by atoms with Gasteiger partial charge in [0.05, 0.1) is 0 Å². The van der Waals surface area contributed by atoms with Crippen molar-refractivity contribution in [2.45, 2.75) is 19.1 Å². The van der Waals surface area contributed by atoms with E-state index < -0.39 is 18.1 Å². The number of aromatic hydroxyl groups is 1. The molecule has 0 bridgehead atoms. The summed E-state index contributed by atoms with van der Waals surface area (Å²) in [6.45, 7) is 3.64. The van der Waals surface area contributed by atoms with Crippen molar-refractivity contribution in [3.05, 3.63) is 78.4 Å². The van der Waals surface area contributed by atoms with Crippen molar-refractivity contribution >= 4 is 12.1 Å². The Bertz CT molecular complexity index is 728. The lowest BCUT2D eigenvalue weighted by molar-refractivity contribution is -0.144. The fourth-order valence-electron chi connectivity index (χ4n) is 2.21. The first-order chi connectivity index (χ1) is 12.6. The smallest absolute Gasteiger partial charge is 0.408 e. The molecule has 26 heavy (non-hydrogen) atoms. The number of ether oxygens (including phenoxy) is 2. The van der Waals surface area contributed by atoms with Crippen LogP contribution in [0.5, 0.6) is 5.75 Å². The van der Waals surface area contributed by atoms with Crippen molar-refractivity contribution in [3.8, 4) is 5.75 Å². The maximum absolute atomic E-state index is 12.2. The van der Waals surface area contributed by atoms with Gasteiger partial charge in [0.15, 0.2) is 0 Å². The quantitative estimate of drug-likeness (QED) is 0.562. The molecule has 0 aliphatic carbocycles. The summed E-state index contributed by atoms with van der Waals surface area (Å²) in [6.07, 6.45) is 0.938. The molecule has 0 heterocycles. The van der Waals surface area contributed by atoms with Gasteiger partial charge >= 0.3 is 12.1 Å². The van der Waals surface area contributed by atoms with Gasteiger partial charge in [-0.15, -0.1) is 0 Å². The molecule has 0 unspecified atom stereocenters. The van der Waals surface area contributed by atoms with Crippen LogP contribution in [0.1, 0.15) is 11.1 Å². The second-order valence-corrected chi connectivity index (χ2v) is 5.55. The summed E-state index contributed by atoms with van der Waals surface area (Å²) in [5.41, 5.74) is 1.60. The highest BCUT2D eigenvalue weighted by atomic mass is 16.6. The standard InChI is InChI=1S/C20H21NO5/c1-2-12-25-19(23)18(13-15-8-10-17(22)11-9-15)21-20(24)26-14-16-6-4-3-5-7-16/h2-11,18,22H,1,12-14H2,(H,21,24)/t18-/m0/s1. The molecule has 2 N–H and O–H groups in total. The maximum Gasteiger partial charge on any atom is 0.408 e. The predicted molar refractivity (Wildman–Crippen MR) is 96.5 cm³/mol. The molecule has 2 aromatic carbocycles. The van der Waals surface area contributed by atoms with Crippen molar-refractivity contribution in [1.82, 2.24) is 5.32 Å². The first-order valence-corrected chi connectivity index (χ1v) is 8.11. The monoisotopic (exact) mass is 355 g/mol. The van der Waals surface area contributed by atoms with E-state index in [4.69, 9.17) is 9.47 Å². The number of amides is 1. The lowest BCUT2D eigenvalue weighted by Crippen LogP contribution is -2.43. The Hall–Kier alpha value is -3.28. The Morgan fingerprint density at radius 3 is 2.38 bits per heavy atom. The van der Waals surface area contributed by atoms with Gasteiger partial charge in [-0.2, -0.15) is 0 Å². The molecule has 2 rings (SSSR count). The molecule has 0 aliphatic rings. The van der Waals surface area contributed by atoms with Gasteiger partial charge in [0.1, 0.15) is 25.0 Å². The first-order valence-electron chi connectivity index (χ1n) is 8.11. The highest BCUT2D eigenvalue weighted by Gasteiger charge is 2.23. The number of benzene rings is 2. The Kier molecular flexibility index (Phi) is 7.24. The highest BCUT2D eigenvalue weighted by Crippen LogP contribution is 2.12. The molecule has 0 aliphatic heterocycles. The molecule has 0 radical (unpaired) electrons. The van der Waals surface area contributed by atoms with Crippen molar-refractivity contribution in [2.24, 2.45) is 0 Å². The Labute approximate surface area is 152 Å². The molecule has 2 aromatic rings. The van der Waals surface area contributed by atoms with Crippen molar-refractivity contribution in [1.29, 1.82) is 0 Å². The van der Waals surface area contributed by atoms with Crippen LogP contribution < -0.4 is 5.32 Å². The lowest BCUT2D eigenvalue weighted by atomic mass is 10.1. The van der Waals surface area contributed by atoms with Gasteiger partial charge in [-0.3, -0.25) is 0 Å². The average molecular weight is 355 g/mol. The topological polar surface area (TPSA) is 84.9 Å². The number of carbonyl (C=O) groups excluding carboxylic acids is 2. The van der Waals surface area contributed by atoms with Gasteiger partial charge in [-0.1, -0.05) is 55.1 Å². The molecule has 0 saturated carbocycles. The fourth-order valence-corrected chi connectivity index (χ4v) is 2.21. The molecular weight excluding hydrogens is 334 g/mol. The molecule has 136 valence electrons. The zero-order valence-corrected chi connectivity index (χ0v) is 14.3. The Morgan fingerprint density at radius 1 is 1.04 bits per heavy atom. The summed E-state index contributed by atoms with van der Waals surface area (Å²) < 4.78 is 10.2.